The number of hydrazone groups is 1. The number of phenols is 1. The largest absolute Gasteiger partial charge is 0.507 e. The molecule has 0 bridgehead atoms. The van der Waals surface area contributed by atoms with Crippen molar-refractivity contribution >= 4 is 28.1 Å². The van der Waals surface area contributed by atoms with Gasteiger partial charge in [-0.2, -0.15) is 5.10 Å². The number of nitrogens with one attached hydrogen (secondary N) is 1. The van der Waals surface area contributed by atoms with E-state index in [0.717, 1.165) is 4.47 Å². The van der Waals surface area contributed by atoms with E-state index in [2.05, 4.69) is 40.3 Å². The average Bonchev–Trinajstić information content (AvgIpc) is 2.56. The fourth-order valence-corrected chi connectivity index (χ4v) is 2.31. The summed E-state index contributed by atoms with van der Waals surface area (Å²) in [5, 5.41) is 13.5. The van der Waals surface area contributed by atoms with Crippen LogP contribution in [0.15, 0.2) is 52.0 Å². The minimum absolute atomic E-state index is 0.0812. The highest BCUT2D eigenvalue weighted by atomic mass is 79.9. The van der Waals surface area contributed by atoms with Gasteiger partial charge in [0.25, 0.3) is 5.91 Å². The summed E-state index contributed by atoms with van der Waals surface area (Å²) in [5.74, 6) is 0.778. The summed E-state index contributed by atoms with van der Waals surface area (Å²) < 4.78 is 6.21. The molecule has 24 heavy (non-hydrogen) atoms. The van der Waals surface area contributed by atoms with E-state index in [1.54, 1.807) is 12.1 Å². The first-order valence-electron chi connectivity index (χ1n) is 7.49. The molecule has 0 saturated heterocycles. The predicted octanol–water partition coefficient (Wildman–Crippen LogP) is 3.81. The predicted molar refractivity (Wildman–Crippen MR) is 97.6 cm³/mol. The number of halogens is 1. The molecule has 0 aliphatic heterocycles. The van der Waals surface area contributed by atoms with Crippen LogP contribution in [-0.2, 0) is 4.79 Å². The van der Waals surface area contributed by atoms with E-state index in [0.29, 0.717) is 17.2 Å². The Morgan fingerprint density at radius 3 is 2.67 bits per heavy atom. The monoisotopic (exact) mass is 390 g/mol. The second-order valence-corrected chi connectivity index (χ2v) is 6.42. The quantitative estimate of drug-likeness (QED) is 0.581. The number of hydrogen-bond donors (Lipinski definition) is 2. The summed E-state index contributed by atoms with van der Waals surface area (Å²) >= 11 is 3.30. The lowest BCUT2D eigenvalue weighted by Crippen LogP contribution is -2.24. The Labute approximate surface area is 149 Å². The van der Waals surface area contributed by atoms with Gasteiger partial charge >= 0.3 is 0 Å². The number of rotatable bonds is 6. The molecule has 2 aromatic rings. The minimum atomic E-state index is -0.381. The molecule has 0 heterocycles. The Bertz CT molecular complexity index is 728. The van der Waals surface area contributed by atoms with E-state index in [-0.39, 0.29) is 18.3 Å². The second-order valence-electron chi connectivity index (χ2n) is 5.51. The molecule has 5 nitrogen and oxygen atoms in total. The van der Waals surface area contributed by atoms with Gasteiger partial charge in [-0.15, -0.1) is 0 Å². The molecule has 6 heteroatoms. The van der Waals surface area contributed by atoms with Gasteiger partial charge in [0.1, 0.15) is 11.5 Å². The van der Waals surface area contributed by atoms with Gasteiger partial charge in [0.15, 0.2) is 6.61 Å². The zero-order valence-electron chi connectivity index (χ0n) is 13.5. The molecule has 0 atom stereocenters. The van der Waals surface area contributed by atoms with Gasteiger partial charge in [-0.05, 0) is 41.8 Å². The zero-order chi connectivity index (χ0) is 17.5. The Kier molecular flexibility index (Phi) is 6.37. The summed E-state index contributed by atoms with van der Waals surface area (Å²) in [6.45, 7) is 4.09. The SMILES string of the molecule is CC(C)c1ccc(OCC(=O)NN=Cc2cc(Br)ccc2O)cc1. The number of hydrogen-bond acceptors (Lipinski definition) is 4. The van der Waals surface area contributed by atoms with Crippen LogP contribution in [0.4, 0.5) is 0 Å². The molecule has 0 radical (unpaired) electrons. The molecule has 2 aromatic carbocycles. The highest BCUT2D eigenvalue weighted by Gasteiger charge is 2.04. The summed E-state index contributed by atoms with van der Waals surface area (Å²) in [4.78, 5) is 11.7. The Balaban J connectivity index is 1.83. The number of benzene rings is 2. The van der Waals surface area contributed by atoms with Crippen molar-refractivity contribution in [2.75, 3.05) is 6.61 Å². The third kappa shape index (κ3) is 5.38. The fraction of sp³-hybridized carbons (Fsp3) is 0.222. The molecular weight excluding hydrogens is 372 g/mol. The molecule has 0 aliphatic rings. The number of carbonyl (C=O) groups excluding carboxylic acids is 1. The number of carbonyl (C=O) groups is 1. The van der Waals surface area contributed by atoms with Crippen LogP contribution in [0.25, 0.3) is 0 Å². The van der Waals surface area contributed by atoms with Crippen LogP contribution in [0.1, 0.15) is 30.9 Å². The van der Waals surface area contributed by atoms with Crippen molar-refractivity contribution in [3.63, 3.8) is 0 Å². The van der Waals surface area contributed by atoms with Gasteiger partial charge in [0.2, 0.25) is 0 Å². The first-order chi connectivity index (χ1) is 11.5. The van der Waals surface area contributed by atoms with Gasteiger partial charge in [-0.3, -0.25) is 4.79 Å². The Hall–Kier alpha value is -2.34. The van der Waals surface area contributed by atoms with Crippen molar-refractivity contribution in [2.45, 2.75) is 19.8 Å². The maximum absolute atomic E-state index is 11.7. The fourth-order valence-electron chi connectivity index (χ4n) is 1.93. The van der Waals surface area contributed by atoms with Gasteiger partial charge < -0.3 is 9.84 Å². The van der Waals surface area contributed by atoms with Crippen molar-refractivity contribution in [1.29, 1.82) is 0 Å². The second kappa shape index (κ2) is 8.49. The third-order valence-corrected chi connectivity index (χ3v) is 3.79. The molecule has 0 saturated carbocycles. The molecule has 0 unspecified atom stereocenters. The standard InChI is InChI=1S/C18H19BrN2O3/c1-12(2)13-3-6-16(7-4-13)24-11-18(23)21-20-10-14-9-15(19)5-8-17(14)22/h3-10,12,22H,11H2,1-2H3,(H,21,23). The molecule has 126 valence electrons. The summed E-state index contributed by atoms with van der Waals surface area (Å²) in [7, 11) is 0. The van der Waals surface area contributed by atoms with Crippen LogP contribution in [0.5, 0.6) is 11.5 Å². The average molecular weight is 391 g/mol. The van der Waals surface area contributed by atoms with E-state index in [9.17, 15) is 9.90 Å². The van der Waals surface area contributed by atoms with Crippen molar-refractivity contribution in [2.24, 2.45) is 5.10 Å². The topological polar surface area (TPSA) is 70.9 Å². The van der Waals surface area contributed by atoms with E-state index in [1.807, 2.05) is 24.3 Å². The van der Waals surface area contributed by atoms with Crippen LogP contribution in [0.2, 0.25) is 0 Å². The van der Waals surface area contributed by atoms with Crippen molar-refractivity contribution in [1.82, 2.24) is 5.43 Å². The summed E-state index contributed by atoms with van der Waals surface area (Å²) in [5.41, 5.74) is 4.07. The normalized spacial score (nSPS) is 11.0. The highest BCUT2D eigenvalue weighted by molar-refractivity contribution is 9.10. The van der Waals surface area contributed by atoms with Gasteiger partial charge in [0.05, 0.1) is 6.21 Å². The van der Waals surface area contributed by atoms with Gasteiger partial charge in [-0.1, -0.05) is 41.9 Å². The summed E-state index contributed by atoms with van der Waals surface area (Å²) in [6.07, 6.45) is 1.37. The molecule has 0 spiro atoms. The van der Waals surface area contributed by atoms with Crippen LogP contribution in [0, 0.1) is 0 Å². The molecule has 1 amide bonds. The minimum Gasteiger partial charge on any atom is -0.507 e. The Morgan fingerprint density at radius 1 is 1.29 bits per heavy atom. The van der Waals surface area contributed by atoms with Crippen LogP contribution < -0.4 is 10.2 Å². The van der Waals surface area contributed by atoms with E-state index in [1.165, 1.54) is 17.8 Å². The molecule has 0 fully saturated rings. The van der Waals surface area contributed by atoms with Crippen LogP contribution in [-0.4, -0.2) is 23.8 Å². The highest BCUT2D eigenvalue weighted by Crippen LogP contribution is 2.20. The van der Waals surface area contributed by atoms with Crippen LogP contribution >= 0.6 is 15.9 Å². The zero-order valence-corrected chi connectivity index (χ0v) is 15.1. The number of aromatic hydroxyl groups is 1. The van der Waals surface area contributed by atoms with Gasteiger partial charge in [0, 0.05) is 10.0 Å². The molecule has 2 N–H and O–H groups in total. The lowest BCUT2D eigenvalue weighted by Gasteiger charge is -2.08. The molecular formula is C18H19BrN2O3. The maximum Gasteiger partial charge on any atom is 0.277 e. The van der Waals surface area contributed by atoms with Crippen molar-refractivity contribution < 1.29 is 14.6 Å². The number of ether oxygens (including phenoxy) is 1. The molecule has 2 rings (SSSR count). The molecule has 0 aliphatic carbocycles. The smallest absolute Gasteiger partial charge is 0.277 e. The summed E-state index contributed by atoms with van der Waals surface area (Å²) in [6, 6.07) is 12.6. The van der Waals surface area contributed by atoms with Crippen molar-refractivity contribution in [3.05, 3.63) is 58.1 Å². The third-order valence-electron chi connectivity index (χ3n) is 3.30. The first-order valence-corrected chi connectivity index (χ1v) is 8.28. The van der Waals surface area contributed by atoms with Gasteiger partial charge in [-0.25, -0.2) is 5.43 Å². The number of nitrogens with zero attached hydrogens (tertiary/aromatic N) is 1. The van der Waals surface area contributed by atoms with E-state index in [4.69, 9.17) is 4.74 Å². The first kappa shape index (κ1) is 18.0. The lowest BCUT2D eigenvalue weighted by atomic mass is 10.0. The Morgan fingerprint density at radius 2 is 2.00 bits per heavy atom. The van der Waals surface area contributed by atoms with Crippen LogP contribution in [0.3, 0.4) is 0 Å². The van der Waals surface area contributed by atoms with Crippen molar-refractivity contribution in [3.8, 4) is 11.5 Å². The maximum atomic E-state index is 11.7. The molecule has 0 aromatic heterocycles. The number of amides is 1. The van der Waals surface area contributed by atoms with E-state index >= 15 is 0 Å². The lowest BCUT2D eigenvalue weighted by molar-refractivity contribution is -0.123. The van der Waals surface area contributed by atoms with E-state index < -0.39 is 0 Å². The number of phenolic OH excluding ortho intramolecular Hbond substituents is 1.